The number of aliphatic carboxylic acids is 1. The van der Waals surface area contributed by atoms with E-state index in [1.54, 1.807) is 24.3 Å². The molecule has 0 spiro atoms. The lowest BCUT2D eigenvalue weighted by Crippen LogP contribution is -2.31. The predicted molar refractivity (Wildman–Crippen MR) is 101 cm³/mol. The number of carbonyl (C=O) groups excluding carboxylic acids is 1. The van der Waals surface area contributed by atoms with Crippen LogP contribution in [0.25, 0.3) is 0 Å². The number of carbonyl (C=O) groups is 2. The number of nitro benzene ring substituents is 1. The van der Waals surface area contributed by atoms with Crippen LogP contribution in [0.15, 0.2) is 42.5 Å². The molecule has 2 aromatic carbocycles. The van der Waals surface area contributed by atoms with E-state index in [0.29, 0.717) is 0 Å². The topological polar surface area (TPSA) is 137 Å². The molecule has 0 aliphatic carbocycles. The van der Waals surface area contributed by atoms with Gasteiger partial charge in [0.2, 0.25) is 0 Å². The highest BCUT2D eigenvalue weighted by atomic mass is 16.6. The van der Waals surface area contributed by atoms with E-state index in [0.717, 1.165) is 11.6 Å². The number of methoxy groups -OCH3 is 2. The molecule has 0 aromatic heterocycles. The van der Waals surface area contributed by atoms with Gasteiger partial charge in [-0.25, -0.2) is 4.79 Å². The van der Waals surface area contributed by atoms with Crippen LogP contribution in [0.5, 0.6) is 11.5 Å². The first-order valence-electron chi connectivity index (χ1n) is 8.45. The number of nitrogens with one attached hydrogen (secondary N) is 1. The van der Waals surface area contributed by atoms with Crippen LogP contribution in [0.1, 0.15) is 23.6 Å². The van der Waals surface area contributed by atoms with Crippen molar-refractivity contribution in [1.29, 1.82) is 0 Å². The number of rotatable bonds is 9. The molecule has 2 rings (SSSR count). The summed E-state index contributed by atoms with van der Waals surface area (Å²) in [5.41, 5.74) is 0.263. The molecule has 10 heteroatoms. The summed E-state index contributed by atoms with van der Waals surface area (Å²) in [7, 11) is 2.65. The van der Waals surface area contributed by atoms with Crippen molar-refractivity contribution in [1.82, 2.24) is 5.32 Å². The Morgan fingerprint density at radius 3 is 2.31 bits per heavy atom. The third-order valence-corrected chi connectivity index (χ3v) is 3.99. The second-order valence-corrected chi connectivity index (χ2v) is 5.88. The Morgan fingerprint density at radius 1 is 1.14 bits per heavy atom. The van der Waals surface area contributed by atoms with Crippen molar-refractivity contribution in [3.63, 3.8) is 0 Å². The molecule has 0 saturated carbocycles. The van der Waals surface area contributed by atoms with E-state index in [-0.39, 0.29) is 23.7 Å². The molecule has 2 N–H and O–H groups in total. The van der Waals surface area contributed by atoms with Crippen LogP contribution in [-0.4, -0.2) is 36.3 Å². The van der Waals surface area contributed by atoms with Crippen LogP contribution in [0.3, 0.4) is 0 Å². The van der Waals surface area contributed by atoms with Gasteiger partial charge in [-0.3, -0.25) is 14.9 Å². The van der Waals surface area contributed by atoms with Crippen molar-refractivity contribution in [2.45, 2.75) is 19.1 Å². The maximum Gasteiger partial charge on any atom is 0.407 e. The van der Waals surface area contributed by atoms with Gasteiger partial charge < -0.3 is 24.6 Å². The normalized spacial score (nSPS) is 11.2. The number of ether oxygens (including phenoxy) is 3. The molecule has 1 atom stereocenters. The first-order valence-corrected chi connectivity index (χ1v) is 8.45. The van der Waals surface area contributed by atoms with Crippen LogP contribution >= 0.6 is 0 Å². The largest absolute Gasteiger partial charge is 0.493 e. The minimum Gasteiger partial charge on any atom is -0.493 e. The summed E-state index contributed by atoms with van der Waals surface area (Å²) in [5.74, 6) is -1.01. The van der Waals surface area contributed by atoms with Gasteiger partial charge in [-0.1, -0.05) is 30.3 Å². The number of hydrogen-bond donors (Lipinski definition) is 2. The number of hydrogen-bond acceptors (Lipinski definition) is 7. The Balaban J connectivity index is 2.30. The zero-order valence-corrected chi connectivity index (χ0v) is 15.8. The lowest BCUT2D eigenvalue weighted by molar-refractivity contribution is -0.385. The van der Waals surface area contributed by atoms with Crippen molar-refractivity contribution in [3.05, 3.63) is 63.7 Å². The molecular weight excluding hydrogens is 384 g/mol. The van der Waals surface area contributed by atoms with E-state index in [2.05, 4.69) is 5.32 Å². The lowest BCUT2D eigenvalue weighted by Gasteiger charge is -2.19. The summed E-state index contributed by atoms with van der Waals surface area (Å²) in [6.45, 7) is -0.0412. The third kappa shape index (κ3) is 5.83. The molecule has 0 saturated heterocycles. The maximum absolute atomic E-state index is 12.2. The van der Waals surface area contributed by atoms with E-state index in [9.17, 15) is 24.8 Å². The number of carboxylic acids is 1. The fourth-order valence-electron chi connectivity index (χ4n) is 2.64. The van der Waals surface area contributed by atoms with Crippen molar-refractivity contribution < 1.29 is 33.8 Å². The molecule has 1 amide bonds. The first-order chi connectivity index (χ1) is 13.8. The molecule has 0 heterocycles. The van der Waals surface area contributed by atoms with Gasteiger partial charge in [0.05, 0.1) is 43.2 Å². The Hall–Kier alpha value is -3.82. The van der Waals surface area contributed by atoms with Crippen LogP contribution < -0.4 is 14.8 Å². The summed E-state index contributed by atoms with van der Waals surface area (Å²) in [5, 5.41) is 23.1. The van der Waals surface area contributed by atoms with Gasteiger partial charge in [0.15, 0.2) is 11.5 Å². The first kappa shape index (κ1) is 21.5. The van der Waals surface area contributed by atoms with Crippen LogP contribution in [0, 0.1) is 10.1 Å². The lowest BCUT2D eigenvalue weighted by atomic mass is 10.0. The minimum absolute atomic E-state index is 0.0412. The summed E-state index contributed by atoms with van der Waals surface area (Å²) in [4.78, 5) is 34.3. The molecule has 0 unspecified atom stereocenters. The van der Waals surface area contributed by atoms with E-state index in [4.69, 9.17) is 14.2 Å². The molecule has 0 fully saturated rings. The fraction of sp³-hybridized carbons (Fsp3) is 0.263. The van der Waals surface area contributed by atoms with Gasteiger partial charge in [-0.05, 0) is 11.6 Å². The van der Waals surface area contributed by atoms with Crippen molar-refractivity contribution in [2.75, 3.05) is 14.2 Å². The molecule has 0 radical (unpaired) electrons. The third-order valence-electron chi connectivity index (χ3n) is 3.99. The molecule has 0 aliphatic rings. The number of benzene rings is 2. The summed E-state index contributed by atoms with van der Waals surface area (Å²) in [6.07, 6.45) is -1.51. The maximum atomic E-state index is 12.2. The fourth-order valence-corrected chi connectivity index (χ4v) is 2.64. The Bertz CT molecular complexity index is 885. The SMILES string of the molecule is COc1cc([C@H](CC(=O)O)NC(=O)OCc2ccccc2)c([N+](=O)[O-])cc1OC. The van der Waals surface area contributed by atoms with E-state index in [1.807, 2.05) is 6.07 Å². The summed E-state index contributed by atoms with van der Waals surface area (Å²) >= 11 is 0. The number of nitro groups is 1. The van der Waals surface area contributed by atoms with Crippen molar-refractivity contribution in [3.8, 4) is 11.5 Å². The number of carboxylic acid groups (broad SMARTS) is 1. The zero-order chi connectivity index (χ0) is 21.4. The quantitative estimate of drug-likeness (QED) is 0.480. The van der Waals surface area contributed by atoms with Gasteiger partial charge >= 0.3 is 12.1 Å². The Kier molecular flexibility index (Phi) is 7.35. The second kappa shape index (κ2) is 9.93. The predicted octanol–water partition coefficient (Wildman–Crippen LogP) is 3.05. The Labute approximate surface area is 166 Å². The van der Waals surface area contributed by atoms with E-state index in [1.165, 1.54) is 20.3 Å². The molecule has 29 heavy (non-hydrogen) atoms. The summed E-state index contributed by atoms with van der Waals surface area (Å²) in [6, 6.07) is 10.0. The average molecular weight is 404 g/mol. The molecule has 0 aliphatic heterocycles. The Morgan fingerprint density at radius 2 is 1.76 bits per heavy atom. The van der Waals surface area contributed by atoms with E-state index < -0.39 is 35.1 Å². The number of nitrogens with zero attached hydrogens (tertiary/aromatic N) is 1. The van der Waals surface area contributed by atoms with Crippen molar-refractivity contribution in [2.24, 2.45) is 0 Å². The average Bonchev–Trinajstić information content (AvgIpc) is 2.71. The number of alkyl carbamates (subject to hydrolysis) is 1. The smallest absolute Gasteiger partial charge is 0.407 e. The van der Waals surface area contributed by atoms with Gasteiger partial charge in [-0.15, -0.1) is 0 Å². The van der Waals surface area contributed by atoms with E-state index >= 15 is 0 Å². The highest BCUT2D eigenvalue weighted by Crippen LogP contribution is 2.38. The standard InChI is InChI=1S/C19H20N2O8/c1-27-16-8-13(15(21(25)26)10-17(16)28-2)14(9-18(22)23)20-19(24)29-11-12-6-4-3-5-7-12/h3-8,10,14H,9,11H2,1-2H3,(H,20,24)(H,22,23)/t14-/m0/s1. The zero-order valence-electron chi connectivity index (χ0n) is 15.8. The van der Waals surface area contributed by atoms with Gasteiger partial charge in [0, 0.05) is 0 Å². The van der Waals surface area contributed by atoms with Crippen LogP contribution in [0.4, 0.5) is 10.5 Å². The molecule has 10 nitrogen and oxygen atoms in total. The molecular formula is C19H20N2O8. The highest BCUT2D eigenvalue weighted by molar-refractivity contribution is 5.73. The summed E-state index contributed by atoms with van der Waals surface area (Å²) < 4.78 is 15.3. The van der Waals surface area contributed by atoms with Crippen LogP contribution in [0.2, 0.25) is 0 Å². The minimum atomic E-state index is -1.26. The van der Waals surface area contributed by atoms with Crippen molar-refractivity contribution >= 4 is 17.7 Å². The highest BCUT2D eigenvalue weighted by Gasteiger charge is 2.29. The molecule has 154 valence electrons. The monoisotopic (exact) mass is 404 g/mol. The number of amides is 1. The van der Waals surface area contributed by atoms with Gasteiger partial charge in [0.25, 0.3) is 5.69 Å². The second-order valence-electron chi connectivity index (χ2n) is 5.88. The van der Waals surface area contributed by atoms with Gasteiger partial charge in [0.1, 0.15) is 6.61 Å². The molecule has 2 aromatic rings. The molecule has 0 bridgehead atoms. The van der Waals surface area contributed by atoms with Crippen LogP contribution in [-0.2, 0) is 16.1 Å². The van der Waals surface area contributed by atoms with Gasteiger partial charge in [-0.2, -0.15) is 0 Å².